The number of hydrogen-bond acceptors (Lipinski definition) is 3. The third-order valence-electron chi connectivity index (χ3n) is 5.41. The summed E-state index contributed by atoms with van der Waals surface area (Å²) < 4.78 is 59.4. The minimum absolute atomic E-state index is 0.107. The van der Waals surface area contributed by atoms with Crippen LogP contribution in [0.25, 0.3) is 0 Å². The first-order valence-corrected chi connectivity index (χ1v) is 11.2. The Hall–Kier alpha value is -1.10. The Kier molecular flexibility index (Phi) is 12.9. The second-order valence-corrected chi connectivity index (χ2v) is 8.84. The summed E-state index contributed by atoms with van der Waals surface area (Å²) in [6.45, 7) is 11.5. The smallest absolute Gasteiger partial charge is 0.421 e. The lowest BCUT2D eigenvalue weighted by Gasteiger charge is -2.29. The number of nitrogens with zero attached hydrogens (tertiary/aromatic N) is 1. The fourth-order valence-electron chi connectivity index (χ4n) is 3.21. The predicted octanol–water partition coefficient (Wildman–Crippen LogP) is 7.16. The Morgan fingerprint density at radius 3 is 2.20 bits per heavy atom. The van der Waals surface area contributed by atoms with Gasteiger partial charge >= 0.3 is 6.18 Å². The summed E-state index contributed by atoms with van der Waals surface area (Å²) in [5.74, 6) is 0.176. The lowest BCUT2D eigenvalue weighted by molar-refractivity contribution is -0.0877. The SMILES string of the molecule is C\C=C(/C(=N\C(NCC(CCC)C(C)CC(F)(P)CC)=C(\C)CC)OC)C(F)(F)F. The van der Waals surface area contributed by atoms with Crippen LogP contribution in [0, 0.1) is 11.8 Å². The van der Waals surface area contributed by atoms with Crippen LogP contribution in [-0.2, 0) is 4.74 Å². The summed E-state index contributed by atoms with van der Waals surface area (Å²) in [5, 5.41) is 1.92. The monoisotopic (exact) mass is 454 g/mol. The standard InChI is InChI=1S/C22H39F4N2OP/c1-8-12-17(16(6)13-21(23,30)11-4)14-27-19(15(5)9-2)28-20(29-7)18(10-3)22(24,25)26/h10,16-17,27H,8-9,11-14,30H2,1-7H3/b18-10+,19-15-,28-20+. The Morgan fingerprint density at radius 1 is 1.20 bits per heavy atom. The highest BCUT2D eigenvalue weighted by molar-refractivity contribution is 7.18. The molecular weight excluding hydrogens is 415 g/mol. The van der Waals surface area contributed by atoms with Gasteiger partial charge in [-0.05, 0) is 56.9 Å². The van der Waals surface area contributed by atoms with Crippen molar-refractivity contribution in [3.63, 3.8) is 0 Å². The number of rotatable bonds is 12. The van der Waals surface area contributed by atoms with Gasteiger partial charge in [-0.15, -0.1) is 0 Å². The van der Waals surface area contributed by atoms with Gasteiger partial charge < -0.3 is 10.1 Å². The molecule has 0 radical (unpaired) electrons. The van der Waals surface area contributed by atoms with Gasteiger partial charge in [0.2, 0.25) is 5.90 Å². The largest absolute Gasteiger partial charge is 0.481 e. The van der Waals surface area contributed by atoms with Crippen molar-refractivity contribution in [1.82, 2.24) is 5.32 Å². The number of halogens is 4. The first-order chi connectivity index (χ1) is 13.9. The van der Waals surface area contributed by atoms with Gasteiger partial charge in [-0.3, -0.25) is 0 Å². The maximum Gasteiger partial charge on any atom is 0.421 e. The summed E-state index contributed by atoms with van der Waals surface area (Å²) in [6.07, 6.45) is -0.321. The van der Waals surface area contributed by atoms with E-state index in [1.807, 2.05) is 27.7 Å². The predicted molar refractivity (Wildman–Crippen MR) is 121 cm³/mol. The van der Waals surface area contributed by atoms with Gasteiger partial charge in [0.25, 0.3) is 0 Å². The Morgan fingerprint density at radius 2 is 1.80 bits per heavy atom. The molecule has 8 heteroatoms. The molecule has 176 valence electrons. The summed E-state index contributed by atoms with van der Waals surface area (Å²) in [7, 11) is 3.48. The molecule has 0 spiro atoms. The minimum Gasteiger partial charge on any atom is -0.481 e. The third kappa shape index (κ3) is 9.80. The number of ether oxygens (including phenoxy) is 1. The van der Waals surface area contributed by atoms with Crippen molar-refractivity contribution in [3.8, 4) is 0 Å². The highest BCUT2D eigenvalue weighted by Crippen LogP contribution is 2.35. The van der Waals surface area contributed by atoms with Gasteiger partial charge in [0.05, 0.1) is 7.11 Å². The zero-order valence-electron chi connectivity index (χ0n) is 19.4. The topological polar surface area (TPSA) is 33.6 Å². The van der Waals surface area contributed by atoms with E-state index in [0.717, 1.165) is 24.5 Å². The van der Waals surface area contributed by atoms with Gasteiger partial charge in [0.1, 0.15) is 16.8 Å². The summed E-state index contributed by atoms with van der Waals surface area (Å²) in [4.78, 5) is 4.18. The quantitative estimate of drug-likeness (QED) is 0.147. The maximum atomic E-state index is 14.5. The van der Waals surface area contributed by atoms with Crippen molar-refractivity contribution in [3.05, 3.63) is 23.0 Å². The lowest BCUT2D eigenvalue weighted by atomic mass is 9.85. The van der Waals surface area contributed by atoms with Crippen molar-refractivity contribution >= 4 is 15.1 Å². The highest BCUT2D eigenvalue weighted by atomic mass is 31.0. The van der Waals surface area contributed by atoms with Crippen LogP contribution in [-0.4, -0.2) is 31.1 Å². The number of nitrogens with one attached hydrogen (secondary N) is 1. The summed E-state index contributed by atoms with van der Waals surface area (Å²) in [6, 6.07) is 0. The number of alkyl halides is 4. The van der Waals surface area contributed by atoms with E-state index in [1.165, 1.54) is 14.0 Å². The van der Waals surface area contributed by atoms with E-state index >= 15 is 0 Å². The van der Waals surface area contributed by atoms with Crippen molar-refractivity contribution in [2.45, 2.75) is 85.2 Å². The average Bonchev–Trinajstić information content (AvgIpc) is 2.67. The molecule has 0 heterocycles. The Balaban J connectivity index is 5.72. The molecule has 0 fully saturated rings. The Labute approximate surface area is 182 Å². The fourth-order valence-corrected chi connectivity index (χ4v) is 3.58. The molecule has 0 saturated heterocycles. The van der Waals surface area contributed by atoms with Crippen LogP contribution < -0.4 is 5.32 Å². The van der Waals surface area contributed by atoms with Gasteiger partial charge in [-0.1, -0.05) is 49.4 Å². The Bertz CT molecular complexity index is 613. The molecular formula is C22H39F4N2OP. The van der Waals surface area contributed by atoms with E-state index in [9.17, 15) is 17.6 Å². The van der Waals surface area contributed by atoms with E-state index in [4.69, 9.17) is 4.74 Å². The molecule has 1 N–H and O–H groups in total. The molecule has 0 aromatic carbocycles. The third-order valence-corrected chi connectivity index (χ3v) is 6.05. The first kappa shape index (κ1) is 28.9. The zero-order chi connectivity index (χ0) is 23.5. The molecule has 3 nitrogen and oxygen atoms in total. The van der Waals surface area contributed by atoms with Gasteiger partial charge in [-0.2, -0.15) is 18.2 Å². The number of methoxy groups -OCH3 is 1. The van der Waals surface area contributed by atoms with Crippen LogP contribution in [0.4, 0.5) is 17.6 Å². The summed E-state index contributed by atoms with van der Waals surface area (Å²) in [5.41, 5.74) is -0.0932. The molecule has 0 aromatic heterocycles. The molecule has 30 heavy (non-hydrogen) atoms. The van der Waals surface area contributed by atoms with Gasteiger partial charge in [-0.25, -0.2) is 4.39 Å². The lowest BCUT2D eigenvalue weighted by Crippen LogP contribution is -2.31. The second-order valence-electron chi connectivity index (χ2n) is 7.80. The molecule has 4 unspecified atom stereocenters. The van der Waals surface area contributed by atoms with Crippen LogP contribution in [0.3, 0.4) is 0 Å². The van der Waals surface area contributed by atoms with Crippen molar-refractivity contribution < 1.29 is 22.3 Å². The molecule has 0 aromatic rings. The second kappa shape index (κ2) is 13.3. The van der Waals surface area contributed by atoms with Crippen molar-refractivity contribution in [2.24, 2.45) is 16.8 Å². The molecule has 0 amide bonds. The molecule has 0 aliphatic rings. The normalized spacial score (nSPS) is 18.4. The van der Waals surface area contributed by atoms with Crippen LogP contribution in [0.5, 0.6) is 0 Å². The molecule has 0 rings (SSSR count). The zero-order valence-corrected chi connectivity index (χ0v) is 20.6. The summed E-state index contributed by atoms with van der Waals surface area (Å²) >= 11 is 0. The number of hydrogen-bond donors (Lipinski definition) is 1. The van der Waals surface area contributed by atoms with E-state index in [0.29, 0.717) is 31.6 Å². The average molecular weight is 455 g/mol. The van der Waals surface area contributed by atoms with Crippen LogP contribution in [0.15, 0.2) is 28.0 Å². The van der Waals surface area contributed by atoms with Gasteiger partial charge in [0, 0.05) is 6.54 Å². The van der Waals surface area contributed by atoms with E-state index in [-0.39, 0.29) is 11.8 Å². The highest BCUT2D eigenvalue weighted by Gasteiger charge is 2.37. The first-order valence-electron chi connectivity index (χ1n) is 10.6. The maximum absolute atomic E-state index is 14.5. The molecule has 4 atom stereocenters. The number of allylic oxidation sites excluding steroid dienone is 2. The van der Waals surface area contributed by atoms with Crippen LogP contribution >= 0.6 is 9.24 Å². The van der Waals surface area contributed by atoms with Crippen LogP contribution in [0.1, 0.15) is 73.6 Å². The van der Waals surface area contributed by atoms with Crippen LogP contribution in [0.2, 0.25) is 0 Å². The van der Waals surface area contributed by atoms with Crippen molar-refractivity contribution in [1.29, 1.82) is 0 Å². The van der Waals surface area contributed by atoms with Crippen molar-refractivity contribution in [2.75, 3.05) is 13.7 Å². The van der Waals surface area contributed by atoms with E-state index < -0.39 is 23.1 Å². The van der Waals surface area contributed by atoms with E-state index in [2.05, 4.69) is 26.5 Å². The number of aliphatic imine (C=N–C) groups is 1. The van der Waals surface area contributed by atoms with Gasteiger partial charge in [0.15, 0.2) is 0 Å². The molecule has 0 aliphatic heterocycles. The minimum atomic E-state index is -4.56. The fraction of sp³-hybridized carbons (Fsp3) is 0.773. The van der Waals surface area contributed by atoms with E-state index in [1.54, 1.807) is 0 Å². The molecule has 0 saturated carbocycles. The molecule has 0 aliphatic carbocycles. The molecule has 0 bridgehead atoms.